The fourth-order valence-corrected chi connectivity index (χ4v) is 3.30. The minimum Gasteiger partial charge on any atom is -0.496 e. The predicted molar refractivity (Wildman–Crippen MR) is 101 cm³/mol. The molecule has 1 aromatic carbocycles. The number of nitrogens with zero attached hydrogens (tertiary/aromatic N) is 1. The molecule has 0 radical (unpaired) electrons. The molecule has 2 atom stereocenters. The summed E-state index contributed by atoms with van der Waals surface area (Å²) in [5.74, 6) is 0.108. The van der Waals surface area contributed by atoms with Crippen molar-refractivity contribution in [1.29, 1.82) is 0 Å². The highest BCUT2D eigenvalue weighted by Crippen LogP contribution is 2.29. The molecule has 144 valence electrons. The Labute approximate surface area is 158 Å². The van der Waals surface area contributed by atoms with E-state index >= 15 is 0 Å². The van der Waals surface area contributed by atoms with Crippen LogP contribution in [0.1, 0.15) is 30.6 Å². The minimum absolute atomic E-state index is 0.00183. The maximum absolute atomic E-state index is 12.7. The molecule has 0 aliphatic carbocycles. The number of carbonyl (C=O) groups excluding carboxylic acids is 2. The Bertz CT molecular complexity index is 668. The Morgan fingerprint density at radius 3 is 2.77 bits per heavy atom. The van der Waals surface area contributed by atoms with Crippen LogP contribution < -0.4 is 15.8 Å². The Hall–Kier alpha value is -1.99. The molecule has 1 aliphatic rings. The van der Waals surface area contributed by atoms with Crippen LogP contribution in [-0.4, -0.2) is 56.2 Å². The number of hydrogen-bond acceptors (Lipinski definition) is 6. The largest absolute Gasteiger partial charge is 0.496 e. The van der Waals surface area contributed by atoms with Crippen LogP contribution in [0.4, 0.5) is 5.69 Å². The van der Waals surface area contributed by atoms with E-state index in [1.807, 2.05) is 4.90 Å². The van der Waals surface area contributed by atoms with Gasteiger partial charge >= 0.3 is 5.97 Å². The number of piperidine rings is 1. The lowest BCUT2D eigenvalue weighted by molar-refractivity contribution is -0.144. The number of nitrogen functional groups attached to an aromatic ring is 1. The molecule has 0 unspecified atom stereocenters. The van der Waals surface area contributed by atoms with E-state index in [0.717, 1.165) is 6.42 Å². The second-order valence-electron chi connectivity index (χ2n) is 6.46. The number of hydrogen-bond donors (Lipinski definition) is 2. The minimum atomic E-state index is -0.251. The van der Waals surface area contributed by atoms with Gasteiger partial charge in [-0.1, -0.05) is 18.5 Å². The SMILES string of the molecule is CCOC(=O)CN1CC[C@@H](NC(=O)c2cc(Cl)c(N)cc2OC)[C@@H](C)C1. The number of anilines is 1. The lowest BCUT2D eigenvalue weighted by Crippen LogP contribution is -2.51. The summed E-state index contributed by atoms with van der Waals surface area (Å²) in [7, 11) is 1.48. The lowest BCUT2D eigenvalue weighted by atomic mass is 9.93. The monoisotopic (exact) mass is 383 g/mol. The van der Waals surface area contributed by atoms with Crippen molar-refractivity contribution in [2.45, 2.75) is 26.3 Å². The number of rotatable bonds is 6. The van der Waals surface area contributed by atoms with Crippen molar-refractivity contribution >= 4 is 29.2 Å². The van der Waals surface area contributed by atoms with Gasteiger partial charge in [0.15, 0.2) is 0 Å². The van der Waals surface area contributed by atoms with Crippen molar-refractivity contribution in [3.63, 3.8) is 0 Å². The van der Waals surface area contributed by atoms with E-state index in [1.54, 1.807) is 13.0 Å². The van der Waals surface area contributed by atoms with Gasteiger partial charge < -0.3 is 20.5 Å². The quantitative estimate of drug-likeness (QED) is 0.576. The number of benzene rings is 1. The fraction of sp³-hybridized carbons (Fsp3) is 0.556. The van der Waals surface area contributed by atoms with Crippen LogP contribution in [-0.2, 0) is 9.53 Å². The summed E-state index contributed by atoms with van der Waals surface area (Å²) in [6, 6.07) is 3.07. The molecule has 1 aromatic rings. The summed E-state index contributed by atoms with van der Waals surface area (Å²) in [6.45, 7) is 5.93. The smallest absolute Gasteiger partial charge is 0.320 e. The second-order valence-corrected chi connectivity index (χ2v) is 6.87. The molecular weight excluding hydrogens is 358 g/mol. The van der Waals surface area contributed by atoms with E-state index in [0.29, 0.717) is 41.7 Å². The number of methoxy groups -OCH3 is 1. The molecule has 2 rings (SSSR count). The summed E-state index contributed by atoms with van der Waals surface area (Å²) in [4.78, 5) is 26.3. The van der Waals surface area contributed by atoms with E-state index in [-0.39, 0.29) is 30.4 Å². The Kier molecular flexibility index (Phi) is 7.11. The van der Waals surface area contributed by atoms with Crippen LogP contribution in [0.3, 0.4) is 0 Å². The van der Waals surface area contributed by atoms with E-state index in [1.165, 1.54) is 13.2 Å². The lowest BCUT2D eigenvalue weighted by Gasteiger charge is -2.36. The summed E-state index contributed by atoms with van der Waals surface area (Å²) < 4.78 is 10.2. The maximum Gasteiger partial charge on any atom is 0.320 e. The number of nitrogens with one attached hydrogen (secondary N) is 1. The Morgan fingerprint density at radius 1 is 1.42 bits per heavy atom. The molecule has 1 saturated heterocycles. The number of amides is 1. The number of nitrogens with two attached hydrogens (primary N) is 1. The molecule has 1 aliphatic heterocycles. The van der Waals surface area contributed by atoms with Crippen LogP contribution in [0.15, 0.2) is 12.1 Å². The molecule has 1 fully saturated rings. The normalized spacial score (nSPS) is 20.5. The van der Waals surface area contributed by atoms with Gasteiger partial charge in [0, 0.05) is 25.2 Å². The number of ether oxygens (including phenoxy) is 2. The van der Waals surface area contributed by atoms with Gasteiger partial charge in [0.05, 0.1) is 36.5 Å². The summed E-state index contributed by atoms with van der Waals surface area (Å²) in [5.41, 5.74) is 6.48. The van der Waals surface area contributed by atoms with Crippen LogP contribution in [0.5, 0.6) is 5.75 Å². The first-order chi connectivity index (χ1) is 12.3. The maximum atomic E-state index is 12.7. The van der Waals surface area contributed by atoms with Crippen molar-refractivity contribution in [1.82, 2.24) is 10.2 Å². The fourth-order valence-electron chi connectivity index (χ4n) is 3.14. The molecule has 8 heteroatoms. The third-order valence-electron chi connectivity index (χ3n) is 4.53. The van der Waals surface area contributed by atoms with Gasteiger partial charge in [0.1, 0.15) is 5.75 Å². The molecule has 1 amide bonds. The Balaban J connectivity index is 1.98. The van der Waals surface area contributed by atoms with Gasteiger partial charge in [-0.3, -0.25) is 14.5 Å². The van der Waals surface area contributed by atoms with Crippen LogP contribution in [0.2, 0.25) is 5.02 Å². The number of likely N-dealkylation sites (tertiary alicyclic amines) is 1. The molecule has 26 heavy (non-hydrogen) atoms. The van der Waals surface area contributed by atoms with Gasteiger partial charge in [-0.15, -0.1) is 0 Å². The molecule has 0 spiro atoms. The van der Waals surface area contributed by atoms with Gasteiger partial charge in [-0.05, 0) is 25.3 Å². The van der Waals surface area contributed by atoms with Gasteiger partial charge in [-0.25, -0.2) is 0 Å². The average molecular weight is 384 g/mol. The van der Waals surface area contributed by atoms with Gasteiger partial charge in [-0.2, -0.15) is 0 Å². The second kappa shape index (κ2) is 9.09. The van der Waals surface area contributed by atoms with Gasteiger partial charge in [0.2, 0.25) is 0 Å². The van der Waals surface area contributed by atoms with Gasteiger partial charge in [0.25, 0.3) is 5.91 Å². The molecule has 0 aromatic heterocycles. The third-order valence-corrected chi connectivity index (χ3v) is 4.85. The first-order valence-electron chi connectivity index (χ1n) is 8.67. The van der Waals surface area contributed by atoms with Crippen molar-refractivity contribution in [3.8, 4) is 5.75 Å². The molecule has 7 nitrogen and oxygen atoms in total. The highest BCUT2D eigenvalue weighted by Gasteiger charge is 2.29. The summed E-state index contributed by atoms with van der Waals surface area (Å²) in [6.07, 6.45) is 0.747. The number of carbonyl (C=O) groups is 2. The van der Waals surface area contributed by atoms with Crippen LogP contribution >= 0.6 is 11.6 Å². The zero-order chi connectivity index (χ0) is 19.3. The van der Waals surface area contributed by atoms with E-state index in [9.17, 15) is 9.59 Å². The zero-order valence-corrected chi connectivity index (χ0v) is 16.1. The third kappa shape index (κ3) is 5.02. The standard InChI is InChI=1S/C18H26ClN3O4/c1-4-26-17(23)10-22-6-5-15(11(2)9-22)21-18(24)12-7-13(19)14(20)8-16(12)25-3/h7-8,11,15H,4-6,9-10,20H2,1-3H3,(H,21,24)/t11-,15+/m0/s1. The average Bonchev–Trinajstić information content (AvgIpc) is 2.59. The first-order valence-corrected chi connectivity index (χ1v) is 9.05. The van der Waals surface area contributed by atoms with Crippen molar-refractivity contribution in [2.75, 3.05) is 39.1 Å². The summed E-state index contributed by atoms with van der Waals surface area (Å²) >= 11 is 6.04. The van der Waals surface area contributed by atoms with E-state index in [2.05, 4.69) is 12.2 Å². The topological polar surface area (TPSA) is 93.9 Å². The zero-order valence-electron chi connectivity index (χ0n) is 15.4. The van der Waals surface area contributed by atoms with Crippen molar-refractivity contribution in [2.24, 2.45) is 5.92 Å². The number of halogens is 1. The Morgan fingerprint density at radius 2 is 2.15 bits per heavy atom. The highest BCUT2D eigenvalue weighted by atomic mass is 35.5. The summed E-state index contributed by atoms with van der Waals surface area (Å²) in [5, 5.41) is 3.36. The molecular formula is C18H26ClN3O4. The molecule has 0 saturated carbocycles. The highest BCUT2D eigenvalue weighted by molar-refractivity contribution is 6.33. The first kappa shape index (κ1) is 20.3. The van der Waals surface area contributed by atoms with E-state index in [4.69, 9.17) is 26.8 Å². The van der Waals surface area contributed by atoms with Crippen molar-refractivity contribution in [3.05, 3.63) is 22.7 Å². The molecule has 1 heterocycles. The predicted octanol–water partition coefficient (Wildman–Crippen LogP) is 1.93. The molecule has 3 N–H and O–H groups in total. The molecule has 0 bridgehead atoms. The van der Waals surface area contributed by atoms with E-state index < -0.39 is 0 Å². The van der Waals surface area contributed by atoms with Crippen molar-refractivity contribution < 1.29 is 19.1 Å². The van der Waals surface area contributed by atoms with Crippen LogP contribution in [0.25, 0.3) is 0 Å². The van der Waals surface area contributed by atoms with Crippen LogP contribution in [0, 0.1) is 5.92 Å². The number of esters is 1.